The molecule has 0 aromatic rings. The number of rotatable bonds is 2. The van der Waals surface area contributed by atoms with Crippen molar-refractivity contribution in [2.75, 3.05) is 11.1 Å². The van der Waals surface area contributed by atoms with Gasteiger partial charge in [-0.2, -0.15) is 0 Å². The minimum atomic E-state index is -1.28. The molecule has 2 heterocycles. The molecule has 20 heavy (non-hydrogen) atoms. The minimum Gasteiger partial charge on any atom is -0.455 e. The third-order valence-electron chi connectivity index (χ3n) is 3.00. The van der Waals surface area contributed by atoms with Crippen LogP contribution in [0.15, 0.2) is 11.3 Å². The number of esters is 1. The predicted molar refractivity (Wildman–Crippen MR) is 78.3 cm³/mol. The van der Waals surface area contributed by atoms with Gasteiger partial charge in [-0.3, -0.25) is 13.9 Å². The van der Waals surface area contributed by atoms with Crippen LogP contribution in [0, 0.1) is 0 Å². The third-order valence-corrected chi connectivity index (χ3v) is 5.35. The van der Waals surface area contributed by atoms with Gasteiger partial charge in [-0.05, 0) is 26.3 Å². The molecule has 0 aliphatic carbocycles. The van der Waals surface area contributed by atoms with Gasteiger partial charge in [-0.1, -0.05) is 15.9 Å². The molecule has 1 fully saturated rings. The van der Waals surface area contributed by atoms with Crippen molar-refractivity contribution >= 4 is 38.6 Å². The molecule has 8 heteroatoms. The van der Waals surface area contributed by atoms with E-state index in [0.717, 1.165) is 0 Å². The van der Waals surface area contributed by atoms with E-state index in [0.29, 0.717) is 10.9 Å². The van der Waals surface area contributed by atoms with Crippen LogP contribution in [0.1, 0.15) is 20.8 Å². The van der Waals surface area contributed by atoms with Crippen molar-refractivity contribution in [3.8, 4) is 0 Å². The minimum absolute atomic E-state index is 0.188. The van der Waals surface area contributed by atoms with Gasteiger partial charge in [0.2, 0.25) is 5.91 Å². The molecule has 1 amide bonds. The molecule has 0 aromatic carbocycles. The molecule has 0 radical (unpaired) electrons. The first-order valence-electron chi connectivity index (χ1n) is 6.14. The average Bonchev–Trinajstić information content (AvgIpc) is 2.34. The normalized spacial score (nSPS) is 29.9. The lowest BCUT2D eigenvalue weighted by Gasteiger charge is -2.48. The molecule has 0 bridgehead atoms. The first kappa shape index (κ1) is 15.7. The Bertz CT molecular complexity index is 526. The smallest absolute Gasteiger partial charge is 0.355 e. The topological polar surface area (TPSA) is 89.7 Å². The van der Waals surface area contributed by atoms with E-state index in [1.807, 2.05) is 0 Å². The summed E-state index contributed by atoms with van der Waals surface area (Å²) in [6, 6.07) is -0.801. The molecule has 0 saturated carbocycles. The molecular formula is C12H17BrN2O4S. The molecule has 6 nitrogen and oxygen atoms in total. The van der Waals surface area contributed by atoms with Crippen LogP contribution < -0.4 is 5.73 Å². The molecule has 2 aliphatic heterocycles. The zero-order chi connectivity index (χ0) is 15.2. The maximum Gasteiger partial charge on any atom is 0.355 e. The number of halogens is 1. The summed E-state index contributed by atoms with van der Waals surface area (Å²) in [5.74, 6) is -0.738. The second-order valence-electron chi connectivity index (χ2n) is 5.74. The summed E-state index contributed by atoms with van der Waals surface area (Å²) < 4.78 is 17.4. The van der Waals surface area contributed by atoms with Crippen molar-refractivity contribution < 1.29 is 18.5 Å². The number of hydrogen-bond acceptors (Lipinski definition) is 5. The largest absolute Gasteiger partial charge is 0.455 e. The molecular weight excluding hydrogens is 348 g/mol. The highest BCUT2D eigenvalue weighted by Gasteiger charge is 2.55. The number of carbonyl (C=O) groups is 2. The number of nitrogens with zero attached hydrogens (tertiary/aromatic N) is 1. The van der Waals surface area contributed by atoms with E-state index < -0.39 is 33.8 Å². The lowest BCUT2D eigenvalue weighted by atomic mass is 10.0. The van der Waals surface area contributed by atoms with Crippen molar-refractivity contribution in [1.29, 1.82) is 0 Å². The number of β-lactam (4-membered cyclic amide) rings is 1. The zero-order valence-corrected chi connectivity index (χ0v) is 13.9. The number of carbonyl (C=O) groups excluding carboxylic acids is 2. The molecule has 0 aromatic heterocycles. The second-order valence-corrected chi connectivity index (χ2v) is 7.83. The van der Waals surface area contributed by atoms with Gasteiger partial charge in [0.15, 0.2) is 0 Å². The van der Waals surface area contributed by atoms with Gasteiger partial charge in [0.25, 0.3) is 0 Å². The van der Waals surface area contributed by atoms with Crippen molar-refractivity contribution in [2.45, 2.75) is 37.8 Å². The number of amides is 1. The van der Waals surface area contributed by atoms with Crippen LogP contribution >= 0.6 is 15.9 Å². The SMILES string of the molecule is CC(C)(C)OC(=O)C1=C(CBr)CS(=O)[C@@H]2[C@H](N)C(=O)N12. The first-order chi connectivity index (χ1) is 9.17. The van der Waals surface area contributed by atoms with Gasteiger partial charge < -0.3 is 10.5 Å². The Balaban J connectivity index is 2.38. The highest BCUT2D eigenvalue weighted by Crippen LogP contribution is 2.35. The van der Waals surface area contributed by atoms with E-state index in [2.05, 4.69) is 15.9 Å². The highest BCUT2D eigenvalue weighted by molar-refractivity contribution is 9.09. The summed E-state index contributed by atoms with van der Waals surface area (Å²) >= 11 is 3.26. The average molecular weight is 365 g/mol. The van der Waals surface area contributed by atoms with E-state index in [4.69, 9.17) is 10.5 Å². The Labute approximate surface area is 128 Å². The number of ether oxygens (including phenoxy) is 1. The van der Waals surface area contributed by atoms with Gasteiger partial charge in [-0.25, -0.2) is 4.79 Å². The van der Waals surface area contributed by atoms with Crippen LogP contribution in [0.2, 0.25) is 0 Å². The summed E-state index contributed by atoms with van der Waals surface area (Å²) in [5, 5.41) is -0.258. The Morgan fingerprint density at radius 3 is 2.65 bits per heavy atom. The van der Waals surface area contributed by atoms with Crippen molar-refractivity contribution in [1.82, 2.24) is 4.90 Å². The van der Waals surface area contributed by atoms with Crippen LogP contribution in [-0.4, -0.2) is 49.1 Å². The Morgan fingerprint density at radius 1 is 1.55 bits per heavy atom. The summed E-state index contributed by atoms with van der Waals surface area (Å²) in [6.45, 7) is 5.25. The van der Waals surface area contributed by atoms with Gasteiger partial charge in [0, 0.05) is 5.33 Å². The monoisotopic (exact) mass is 364 g/mol. The molecule has 112 valence electrons. The lowest BCUT2D eigenvalue weighted by molar-refractivity contribution is -0.158. The Morgan fingerprint density at radius 2 is 2.15 bits per heavy atom. The fraction of sp³-hybridized carbons (Fsp3) is 0.667. The van der Waals surface area contributed by atoms with Crippen LogP contribution in [-0.2, 0) is 25.1 Å². The summed E-state index contributed by atoms with van der Waals surface area (Å²) in [7, 11) is -1.28. The van der Waals surface area contributed by atoms with Crippen LogP contribution in [0.3, 0.4) is 0 Å². The summed E-state index contributed by atoms with van der Waals surface area (Å²) in [5.41, 5.74) is 5.80. The van der Waals surface area contributed by atoms with E-state index in [1.165, 1.54) is 4.90 Å². The number of hydrogen-bond donors (Lipinski definition) is 1. The lowest BCUT2D eigenvalue weighted by Crippen LogP contribution is -2.72. The fourth-order valence-electron chi connectivity index (χ4n) is 2.17. The Hall–Kier alpha value is -0.730. The molecule has 2 aliphatic rings. The third kappa shape index (κ3) is 2.56. The first-order valence-corrected chi connectivity index (χ1v) is 8.65. The number of nitrogens with two attached hydrogens (primary N) is 1. The standard InChI is InChI=1S/C12H17BrN2O4S/c1-12(2,3)19-11(17)8-6(4-13)5-20(18)10-7(14)9(16)15(8)10/h7,10H,4-5,14H2,1-3H3/t7-,10-,20?/m1/s1. The van der Waals surface area contributed by atoms with E-state index in [1.54, 1.807) is 20.8 Å². The van der Waals surface area contributed by atoms with Crippen LogP contribution in [0.4, 0.5) is 0 Å². The van der Waals surface area contributed by atoms with Gasteiger partial charge >= 0.3 is 5.97 Å². The molecule has 2 N–H and O–H groups in total. The molecule has 1 unspecified atom stereocenters. The van der Waals surface area contributed by atoms with Gasteiger partial charge in [-0.15, -0.1) is 0 Å². The fourth-order valence-corrected chi connectivity index (χ4v) is 4.54. The molecule has 1 saturated heterocycles. The highest BCUT2D eigenvalue weighted by atomic mass is 79.9. The van der Waals surface area contributed by atoms with Crippen LogP contribution in [0.25, 0.3) is 0 Å². The van der Waals surface area contributed by atoms with Crippen molar-refractivity contribution in [3.05, 3.63) is 11.3 Å². The summed E-state index contributed by atoms with van der Waals surface area (Å²) in [4.78, 5) is 25.4. The summed E-state index contributed by atoms with van der Waals surface area (Å²) in [6.07, 6.45) is 0. The maximum atomic E-state index is 12.3. The van der Waals surface area contributed by atoms with E-state index in [-0.39, 0.29) is 17.4 Å². The quantitative estimate of drug-likeness (QED) is 0.430. The van der Waals surface area contributed by atoms with E-state index >= 15 is 0 Å². The maximum absolute atomic E-state index is 12.3. The van der Waals surface area contributed by atoms with Crippen molar-refractivity contribution in [3.63, 3.8) is 0 Å². The van der Waals surface area contributed by atoms with Gasteiger partial charge in [0.05, 0.1) is 16.6 Å². The van der Waals surface area contributed by atoms with Crippen LogP contribution in [0.5, 0.6) is 0 Å². The number of fused-ring (bicyclic) bond motifs is 1. The Kier molecular flexibility index (Phi) is 4.10. The molecule has 0 spiro atoms. The van der Waals surface area contributed by atoms with Crippen molar-refractivity contribution in [2.24, 2.45) is 5.73 Å². The zero-order valence-electron chi connectivity index (χ0n) is 11.5. The number of alkyl halides is 1. The van der Waals surface area contributed by atoms with E-state index in [9.17, 15) is 13.8 Å². The molecule has 3 atom stereocenters. The second kappa shape index (κ2) is 5.23. The van der Waals surface area contributed by atoms with Gasteiger partial charge in [0.1, 0.15) is 22.7 Å². The predicted octanol–water partition coefficient (Wildman–Crippen LogP) is 0.235. The molecule has 2 rings (SSSR count).